The summed E-state index contributed by atoms with van der Waals surface area (Å²) < 4.78 is 0. The zero-order valence-electron chi connectivity index (χ0n) is 13.5. The van der Waals surface area contributed by atoms with Gasteiger partial charge in [0.05, 0.1) is 17.8 Å². The molecule has 0 aliphatic carbocycles. The van der Waals surface area contributed by atoms with E-state index >= 15 is 0 Å². The number of nitrogens with one attached hydrogen (secondary N) is 1. The molecular formula is C17H17N7O. The molecule has 2 bridgehead atoms. The van der Waals surface area contributed by atoms with Crippen LogP contribution in [0.15, 0.2) is 30.9 Å². The van der Waals surface area contributed by atoms with E-state index in [1.807, 2.05) is 11.0 Å². The van der Waals surface area contributed by atoms with E-state index in [1.54, 1.807) is 18.7 Å². The highest BCUT2D eigenvalue weighted by molar-refractivity contribution is 5.92. The third-order valence-corrected chi connectivity index (χ3v) is 5.26. The van der Waals surface area contributed by atoms with Crippen LogP contribution in [0.25, 0.3) is 22.3 Å². The van der Waals surface area contributed by atoms with Crippen LogP contribution in [0.5, 0.6) is 0 Å². The zero-order valence-corrected chi connectivity index (χ0v) is 13.5. The van der Waals surface area contributed by atoms with Crippen LogP contribution < -0.4 is 4.90 Å². The first-order valence-electron chi connectivity index (χ1n) is 8.42. The van der Waals surface area contributed by atoms with Crippen LogP contribution >= 0.6 is 0 Å². The molecule has 2 aliphatic heterocycles. The molecule has 25 heavy (non-hydrogen) atoms. The van der Waals surface area contributed by atoms with Crippen LogP contribution in [0.4, 0.5) is 5.82 Å². The van der Waals surface area contributed by atoms with Gasteiger partial charge in [-0.05, 0) is 25.0 Å². The van der Waals surface area contributed by atoms with Crippen molar-refractivity contribution in [2.75, 3.05) is 18.0 Å². The van der Waals surface area contributed by atoms with Gasteiger partial charge in [0, 0.05) is 36.4 Å². The van der Waals surface area contributed by atoms with Crippen molar-refractivity contribution in [3.63, 3.8) is 0 Å². The topological polar surface area (TPSA) is 90.9 Å². The number of piperazine rings is 1. The predicted molar refractivity (Wildman–Crippen MR) is 91.8 cm³/mol. The second-order valence-corrected chi connectivity index (χ2v) is 6.62. The van der Waals surface area contributed by atoms with Crippen molar-refractivity contribution in [3.8, 4) is 11.3 Å². The van der Waals surface area contributed by atoms with E-state index in [9.17, 15) is 4.79 Å². The molecule has 8 heteroatoms. The van der Waals surface area contributed by atoms with E-state index in [4.69, 9.17) is 0 Å². The Morgan fingerprint density at radius 1 is 1.16 bits per heavy atom. The lowest BCUT2D eigenvalue weighted by Crippen LogP contribution is -2.53. The highest BCUT2D eigenvalue weighted by atomic mass is 16.1. The van der Waals surface area contributed by atoms with Gasteiger partial charge >= 0.3 is 0 Å². The molecule has 0 spiro atoms. The summed E-state index contributed by atoms with van der Waals surface area (Å²) in [6.45, 7) is 1.64. The molecule has 1 N–H and O–H groups in total. The molecule has 2 aliphatic rings. The van der Waals surface area contributed by atoms with Gasteiger partial charge in [-0.15, -0.1) is 0 Å². The highest BCUT2D eigenvalue weighted by Gasteiger charge is 2.39. The number of anilines is 1. The Morgan fingerprint density at radius 2 is 2.00 bits per heavy atom. The highest BCUT2D eigenvalue weighted by Crippen LogP contribution is 2.34. The smallest absolute Gasteiger partial charge is 0.210 e. The fraction of sp³-hybridized carbons (Fsp3) is 0.353. The van der Waals surface area contributed by atoms with Crippen LogP contribution in [0, 0.1) is 0 Å². The number of amides is 1. The molecule has 0 saturated carbocycles. The first kappa shape index (κ1) is 14.3. The molecule has 2 saturated heterocycles. The van der Waals surface area contributed by atoms with Gasteiger partial charge in [-0.1, -0.05) is 0 Å². The lowest BCUT2D eigenvalue weighted by atomic mass is 10.2. The molecule has 2 atom stereocenters. The van der Waals surface area contributed by atoms with E-state index in [0.717, 1.165) is 60.4 Å². The number of hydrogen-bond donors (Lipinski definition) is 1. The molecule has 0 aromatic carbocycles. The summed E-state index contributed by atoms with van der Waals surface area (Å²) in [6, 6.07) is 4.54. The maximum Gasteiger partial charge on any atom is 0.210 e. The van der Waals surface area contributed by atoms with Crippen molar-refractivity contribution in [1.82, 2.24) is 30.0 Å². The van der Waals surface area contributed by atoms with Gasteiger partial charge in [0.15, 0.2) is 0 Å². The molecule has 3 aromatic rings. The molecule has 2 fully saturated rings. The molecule has 2 unspecified atom stereocenters. The number of carbonyl (C=O) groups is 1. The Balaban J connectivity index is 1.54. The van der Waals surface area contributed by atoms with Crippen LogP contribution in [0.1, 0.15) is 12.8 Å². The monoisotopic (exact) mass is 335 g/mol. The fourth-order valence-corrected chi connectivity index (χ4v) is 4.06. The van der Waals surface area contributed by atoms with Crippen molar-refractivity contribution in [2.24, 2.45) is 0 Å². The van der Waals surface area contributed by atoms with Gasteiger partial charge in [-0.25, -0.2) is 9.97 Å². The molecule has 0 radical (unpaired) electrons. The lowest BCUT2D eigenvalue weighted by Gasteiger charge is -2.39. The van der Waals surface area contributed by atoms with Crippen molar-refractivity contribution in [3.05, 3.63) is 30.9 Å². The second kappa shape index (κ2) is 5.51. The van der Waals surface area contributed by atoms with Crippen LogP contribution in [0.3, 0.4) is 0 Å². The van der Waals surface area contributed by atoms with Crippen LogP contribution in [-0.4, -0.2) is 61.6 Å². The largest absolute Gasteiger partial charge is 0.352 e. The predicted octanol–water partition coefficient (Wildman–Crippen LogP) is 1.22. The summed E-state index contributed by atoms with van der Waals surface area (Å²) in [5.74, 6) is 0.928. The number of carbonyl (C=O) groups excluding carboxylic acids is 1. The normalized spacial score (nSPS) is 22.6. The summed E-state index contributed by atoms with van der Waals surface area (Å²) >= 11 is 0. The quantitative estimate of drug-likeness (QED) is 0.724. The third kappa shape index (κ3) is 2.25. The number of aromatic nitrogens is 5. The SMILES string of the molecule is O=CN1C2CCC1CN(c1ncnc3[nH]c(-c4ccnnc4)cc13)C2. The van der Waals surface area contributed by atoms with Gasteiger partial charge in [-0.3, -0.25) is 4.79 Å². The number of H-pyrrole nitrogens is 1. The molecule has 5 rings (SSSR count). The summed E-state index contributed by atoms with van der Waals surface area (Å²) in [4.78, 5) is 27.8. The summed E-state index contributed by atoms with van der Waals surface area (Å²) in [7, 11) is 0. The standard InChI is InChI=1S/C17H17N7O/c25-10-24-12-1-2-13(24)8-23(7-12)17-14-5-15(11-3-4-20-21-6-11)22-16(14)18-9-19-17/h3-6,9-10,12-13H,1-2,7-8H2,(H,18,19,22). The second-order valence-electron chi connectivity index (χ2n) is 6.62. The Bertz CT molecular complexity index is 911. The van der Waals surface area contributed by atoms with Gasteiger partial charge in [0.25, 0.3) is 0 Å². The molecule has 126 valence electrons. The summed E-state index contributed by atoms with van der Waals surface area (Å²) in [5, 5.41) is 8.75. The van der Waals surface area contributed by atoms with Gasteiger partial charge in [0.1, 0.15) is 17.8 Å². The van der Waals surface area contributed by atoms with Gasteiger partial charge < -0.3 is 14.8 Å². The Morgan fingerprint density at radius 3 is 2.72 bits per heavy atom. The number of fused-ring (bicyclic) bond motifs is 3. The minimum Gasteiger partial charge on any atom is -0.352 e. The van der Waals surface area contributed by atoms with Crippen molar-refractivity contribution in [1.29, 1.82) is 0 Å². The van der Waals surface area contributed by atoms with E-state index in [-0.39, 0.29) is 12.1 Å². The Labute approximate surface area is 143 Å². The van der Waals surface area contributed by atoms with Crippen molar-refractivity contribution >= 4 is 23.3 Å². The zero-order chi connectivity index (χ0) is 16.8. The molecule has 8 nitrogen and oxygen atoms in total. The number of aromatic amines is 1. The molecule has 5 heterocycles. The molecular weight excluding hydrogens is 318 g/mol. The van der Waals surface area contributed by atoms with Crippen molar-refractivity contribution in [2.45, 2.75) is 24.9 Å². The van der Waals surface area contributed by atoms with E-state index < -0.39 is 0 Å². The third-order valence-electron chi connectivity index (χ3n) is 5.26. The average molecular weight is 335 g/mol. The number of rotatable bonds is 3. The molecule has 1 amide bonds. The van der Waals surface area contributed by atoms with E-state index in [1.165, 1.54) is 0 Å². The minimum atomic E-state index is 0.282. The summed E-state index contributed by atoms with van der Waals surface area (Å²) in [6.07, 6.45) is 8.12. The van der Waals surface area contributed by atoms with E-state index in [2.05, 4.69) is 36.1 Å². The minimum absolute atomic E-state index is 0.282. The summed E-state index contributed by atoms with van der Waals surface area (Å²) in [5.41, 5.74) is 2.72. The first-order valence-corrected chi connectivity index (χ1v) is 8.42. The van der Waals surface area contributed by atoms with Gasteiger partial charge in [0.2, 0.25) is 6.41 Å². The van der Waals surface area contributed by atoms with Crippen molar-refractivity contribution < 1.29 is 4.79 Å². The molecule has 3 aromatic heterocycles. The Kier molecular flexibility index (Phi) is 3.16. The van der Waals surface area contributed by atoms with Crippen LogP contribution in [0.2, 0.25) is 0 Å². The first-order chi connectivity index (χ1) is 12.3. The number of hydrogen-bond acceptors (Lipinski definition) is 6. The van der Waals surface area contributed by atoms with Gasteiger partial charge in [-0.2, -0.15) is 10.2 Å². The lowest BCUT2D eigenvalue weighted by molar-refractivity contribution is -0.121. The average Bonchev–Trinajstić information content (AvgIpc) is 3.20. The Hall–Kier alpha value is -3.03. The maximum absolute atomic E-state index is 11.3. The van der Waals surface area contributed by atoms with E-state index in [0.29, 0.717) is 0 Å². The maximum atomic E-state index is 11.3. The van der Waals surface area contributed by atoms with Crippen LogP contribution in [-0.2, 0) is 4.79 Å². The fourth-order valence-electron chi connectivity index (χ4n) is 4.06. The number of nitrogens with zero attached hydrogens (tertiary/aromatic N) is 6.